The molecule has 0 bridgehead atoms. The maximum absolute atomic E-state index is 12.6. The molecule has 9 heteroatoms. The normalized spacial score (nSPS) is 20.2. The number of rotatable bonds is 6. The summed E-state index contributed by atoms with van der Waals surface area (Å²) in [4.78, 5) is 10.9. The van der Waals surface area contributed by atoms with Gasteiger partial charge in [0.05, 0.1) is 22.7 Å². The van der Waals surface area contributed by atoms with Crippen molar-refractivity contribution in [3.8, 4) is 0 Å². The van der Waals surface area contributed by atoms with Crippen molar-refractivity contribution in [3.63, 3.8) is 0 Å². The number of hydrogen-bond acceptors (Lipinski definition) is 8. The van der Waals surface area contributed by atoms with Crippen LogP contribution in [0.3, 0.4) is 0 Å². The van der Waals surface area contributed by atoms with Crippen LogP contribution in [0.4, 0.5) is 0 Å². The number of β-amino-alcohol motifs (C(OH)–C–C–N with tert-alkyl or cyclic N) is 1. The Morgan fingerprint density at radius 2 is 2.00 bits per heavy atom. The predicted octanol–water partition coefficient (Wildman–Crippen LogP) is 2.05. The van der Waals surface area contributed by atoms with E-state index in [2.05, 4.69) is 15.1 Å². The summed E-state index contributed by atoms with van der Waals surface area (Å²) in [6.45, 7) is 2.89. The smallest absolute Gasteiger partial charge is 0.244 e. The summed E-state index contributed by atoms with van der Waals surface area (Å²) in [5, 5.41) is 14.0. The van der Waals surface area contributed by atoms with Crippen LogP contribution in [0, 0.1) is 6.92 Å². The lowest BCUT2D eigenvalue weighted by atomic mass is 10.2. The summed E-state index contributed by atoms with van der Waals surface area (Å²) in [5.41, 5.74) is 1.85. The van der Waals surface area contributed by atoms with Gasteiger partial charge < -0.3 is 9.63 Å². The van der Waals surface area contributed by atoms with Crippen molar-refractivity contribution in [1.82, 2.24) is 20.0 Å². The quantitative estimate of drug-likeness (QED) is 0.653. The second kappa shape index (κ2) is 8.02. The Morgan fingerprint density at radius 3 is 2.72 bits per heavy atom. The van der Waals surface area contributed by atoms with Crippen LogP contribution in [0.5, 0.6) is 0 Å². The third kappa shape index (κ3) is 4.52. The van der Waals surface area contributed by atoms with Gasteiger partial charge in [-0.15, -0.1) is 0 Å². The monoisotopic (exact) mass is 414 g/mol. The number of aliphatic hydroxyl groups is 1. The Balaban J connectivity index is 1.51. The number of pyridine rings is 1. The van der Waals surface area contributed by atoms with E-state index in [0.29, 0.717) is 25.4 Å². The van der Waals surface area contributed by atoms with Crippen LogP contribution in [0.25, 0.3) is 0 Å². The lowest BCUT2D eigenvalue weighted by Crippen LogP contribution is -2.25. The average Bonchev–Trinajstić information content (AvgIpc) is 3.28. The molecule has 4 rings (SSSR count). The zero-order valence-corrected chi connectivity index (χ0v) is 16.8. The molecule has 3 aromatic rings. The molecule has 3 heterocycles. The molecule has 1 aromatic carbocycles. The number of sulfone groups is 1. The molecule has 29 heavy (non-hydrogen) atoms. The van der Waals surface area contributed by atoms with E-state index in [1.807, 2.05) is 30.0 Å². The molecule has 1 N–H and O–H groups in total. The molecule has 0 saturated carbocycles. The number of aliphatic hydroxyl groups excluding tert-OH is 1. The van der Waals surface area contributed by atoms with Gasteiger partial charge in [-0.05, 0) is 37.6 Å². The van der Waals surface area contributed by atoms with Crippen LogP contribution in [0.1, 0.15) is 35.4 Å². The van der Waals surface area contributed by atoms with Gasteiger partial charge in [-0.3, -0.25) is 9.88 Å². The number of benzene rings is 1. The fraction of sp³-hybridized carbons (Fsp3) is 0.350. The van der Waals surface area contributed by atoms with Gasteiger partial charge in [0.1, 0.15) is 5.75 Å². The molecule has 2 unspecified atom stereocenters. The number of aryl methyl sites for hydroxylation is 1. The summed E-state index contributed by atoms with van der Waals surface area (Å²) < 4.78 is 30.6. The molecule has 8 nitrogen and oxygen atoms in total. The molecule has 2 atom stereocenters. The fourth-order valence-corrected chi connectivity index (χ4v) is 4.65. The lowest BCUT2D eigenvalue weighted by molar-refractivity contribution is 0.168. The van der Waals surface area contributed by atoms with Crippen molar-refractivity contribution >= 4 is 9.84 Å². The summed E-state index contributed by atoms with van der Waals surface area (Å²) >= 11 is 0. The highest BCUT2D eigenvalue weighted by Gasteiger charge is 2.36. The largest absolute Gasteiger partial charge is 0.392 e. The summed E-state index contributed by atoms with van der Waals surface area (Å²) in [5.74, 6) is 0.0843. The number of nitrogens with zero attached hydrogens (tertiary/aromatic N) is 4. The first-order chi connectivity index (χ1) is 13.9. The molecular weight excluding hydrogens is 392 g/mol. The van der Waals surface area contributed by atoms with Gasteiger partial charge in [-0.2, -0.15) is 4.98 Å². The molecule has 1 aliphatic rings. The van der Waals surface area contributed by atoms with Crippen molar-refractivity contribution < 1.29 is 18.0 Å². The standard InChI is InChI=1S/C20H22N4O4S/c1-14-5-7-17(8-6-14)29(26,27)13-19-22-20(28-23-19)18-10-16(25)12-24(18)11-15-4-2-3-9-21-15/h2-9,16,18,25H,10-13H2,1H3. The van der Waals surface area contributed by atoms with Crippen LogP contribution in [0.2, 0.25) is 0 Å². The third-order valence-corrected chi connectivity index (χ3v) is 6.57. The van der Waals surface area contributed by atoms with E-state index in [-0.39, 0.29) is 22.5 Å². The van der Waals surface area contributed by atoms with Crippen molar-refractivity contribution in [2.45, 2.75) is 42.7 Å². The van der Waals surface area contributed by atoms with Crippen molar-refractivity contribution in [3.05, 3.63) is 71.6 Å². The zero-order valence-electron chi connectivity index (χ0n) is 16.0. The molecule has 152 valence electrons. The molecule has 1 aliphatic heterocycles. The van der Waals surface area contributed by atoms with Gasteiger partial charge in [-0.1, -0.05) is 28.9 Å². The average molecular weight is 414 g/mol. The first-order valence-corrected chi connectivity index (χ1v) is 11.0. The van der Waals surface area contributed by atoms with Gasteiger partial charge in [-0.25, -0.2) is 8.42 Å². The molecule has 0 amide bonds. The minimum atomic E-state index is -3.57. The Bertz CT molecular complexity index is 1070. The van der Waals surface area contributed by atoms with Gasteiger partial charge in [0.15, 0.2) is 15.7 Å². The number of likely N-dealkylation sites (tertiary alicyclic amines) is 1. The molecular formula is C20H22N4O4S. The minimum absolute atomic E-state index is 0.111. The van der Waals surface area contributed by atoms with E-state index < -0.39 is 15.9 Å². The second-order valence-corrected chi connectivity index (χ2v) is 9.27. The SMILES string of the molecule is Cc1ccc(S(=O)(=O)Cc2noc(C3CC(O)CN3Cc3ccccn3)n2)cc1. The van der Waals surface area contributed by atoms with Crippen molar-refractivity contribution in [2.75, 3.05) is 6.54 Å². The second-order valence-electron chi connectivity index (χ2n) is 7.28. The first-order valence-electron chi connectivity index (χ1n) is 9.34. The lowest BCUT2D eigenvalue weighted by Gasteiger charge is -2.20. The van der Waals surface area contributed by atoms with E-state index >= 15 is 0 Å². The number of hydrogen-bond donors (Lipinski definition) is 1. The highest BCUT2D eigenvalue weighted by atomic mass is 32.2. The summed E-state index contributed by atoms with van der Waals surface area (Å²) in [6, 6.07) is 12.0. The Labute approximate surface area is 169 Å². The Hall–Kier alpha value is -2.62. The molecule has 1 saturated heterocycles. The maximum atomic E-state index is 12.6. The van der Waals surface area contributed by atoms with Crippen LogP contribution >= 0.6 is 0 Å². The predicted molar refractivity (Wildman–Crippen MR) is 104 cm³/mol. The minimum Gasteiger partial charge on any atom is -0.392 e. The van der Waals surface area contributed by atoms with Gasteiger partial charge in [0.25, 0.3) is 0 Å². The Morgan fingerprint density at radius 1 is 1.21 bits per heavy atom. The van der Waals surface area contributed by atoms with Crippen LogP contribution in [-0.4, -0.2) is 46.2 Å². The topological polar surface area (TPSA) is 109 Å². The van der Waals surface area contributed by atoms with Gasteiger partial charge in [0, 0.05) is 19.3 Å². The molecule has 0 radical (unpaired) electrons. The summed E-state index contributed by atoms with van der Waals surface area (Å²) in [7, 11) is -3.57. The highest BCUT2D eigenvalue weighted by molar-refractivity contribution is 7.90. The first kappa shape index (κ1) is 19.7. The van der Waals surface area contributed by atoms with Crippen LogP contribution < -0.4 is 0 Å². The Kier molecular flexibility index (Phi) is 5.44. The third-order valence-electron chi connectivity index (χ3n) is 4.94. The fourth-order valence-electron chi connectivity index (χ4n) is 3.47. The number of aromatic nitrogens is 3. The van der Waals surface area contributed by atoms with E-state index in [0.717, 1.165) is 11.3 Å². The van der Waals surface area contributed by atoms with Gasteiger partial charge in [0.2, 0.25) is 5.89 Å². The van der Waals surface area contributed by atoms with Crippen molar-refractivity contribution in [1.29, 1.82) is 0 Å². The van der Waals surface area contributed by atoms with Gasteiger partial charge >= 0.3 is 0 Å². The molecule has 0 aliphatic carbocycles. The van der Waals surface area contributed by atoms with E-state index in [1.54, 1.807) is 30.5 Å². The molecule has 0 spiro atoms. The van der Waals surface area contributed by atoms with Crippen LogP contribution in [-0.2, 0) is 22.1 Å². The van der Waals surface area contributed by atoms with E-state index in [4.69, 9.17) is 4.52 Å². The van der Waals surface area contributed by atoms with E-state index in [9.17, 15) is 13.5 Å². The molecule has 1 fully saturated rings. The highest BCUT2D eigenvalue weighted by Crippen LogP contribution is 2.32. The van der Waals surface area contributed by atoms with Crippen molar-refractivity contribution in [2.24, 2.45) is 0 Å². The molecule has 2 aromatic heterocycles. The van der Waals surface area contributed by atoms with Crippen LogP contribution in [0.15, 0.2) is 58.1 Å². The summed E-state index contributed by atoms with van der Waals surface area (Å²) in [6.07, 6.45) is 1.65. The maximum Gasteiger partial charge on any atom is 0.244 e. The zero-order chi connectivity index (χ0) is 20.4. The van der Waals surface area contributed by atoms with E-state index in [1.165, 1.54) is 0 Å².